The maximum atomic E-state index is 13.5. The Balaban J connectivity index is 1.69. The number of hydrogen-bond donors (Lipinski definition) is 8. The molecule has 0 aliphatic rings. The van der Waals surface area contributed by atoms with Crippen LogP contribution < -0.4 is 27.4 Å². The Bertz CT molecular complexity index is 1400. The molecule has 3 amide bonds. The number of carbonyl (C=O) groups is 4. The smallest absolute Gasteiger partial charge is 0.326 e. The number of phenolic OH excluding ortho intramolecular Hbond substituents is 1. The van der Waals surface area contributed by atoms with Crippen LogP contribution in [0, 0.1) is 0 Å². The minimum Gasteiger partial charge on any atom is -0.508 e. The number of rotatable bonds is 18. The minimum absolute atomic E-state index is 0.0172. The highest BCUT2D eigenvalue weighted by atomic mass is 32.2. The number of thioether (sulfide) groups is 1. The van der Waals surface area contributed by atoms with Crippen LogP contribution in [0.25, 0.3) is 10.9 Å². The molecule has 10 N–H and O–H groups in total. The number of H-pyrrole nitrogens is 1. The lowest BCUT2D eigenvalue weighted by Gasteiger charge is -2.25. The van der Waals surface area contributed by atoms with E-state index in [-0.39, 0.29) is 31.4 Å². The maximum Gasteiger partial charge on any atom is 0.326 e. The molecule has 0 radical (unpaired) electrons. The number of nitrogens with two attached hydrogens (primary N) is 2. The lowest BCUT2D eigenvalue weighted by molar-refractivity contribution is -0.142. The van der Waals surface area contributed by atoms with E-state index in [1.165, 1.54) is 23.9 Å². The first-order chi connectivity index (χ1) is 21.1. The fourth-order valence-electron chi connectivity index (χ4n) is 4.79. The number of hydrogen-bond acceptors (Lipinski definition) is 8. The molecule has 3 aromatic rings. The highest BCUT2D eigenvalue weighted by molar-refractivity contribution is 7.98. The van der Waals surface area contributed by atoms with Gasteiger partial charge in [-0.05, 0) is 80.0 Å². The van der Waals surface area contributed by atoms with Gasteiger partial charge in [0.2, 0.25) is 17.7 Å². The average Bonchev–Trinajstić information content (AvgIpc) is 3.41. The van der Waals surface area contributed by atoms with Crippen molar-refractivity contribution in [3.63, 3.8) is 0 Å². The van der Waals surface area contributed by atoms with Crippen LogP contribution >= 0.6 is 11.8 Å². The van der Waals surface area contributed by atoms with Gasteiger partial charge >= 0.3 is 5.97 Å². The molecule has 1 heterocycles. The quantitative estimate of drug-likeness (QED) is 0.0957. The number of carbonyl (C=O) groups excluding carboxylic acids is 3. The predicted octanol–water partition coefficient (Wildman–Crippen LogP) is 1.41. The number of aromatic nitrogens is 1. The lowest BCUT2D eigenvalue weighted by Crippen LogP contribution is -2.57. The van der Waals surface area contributed by atoms with E-state index < -0.39 is 47.9 Å². The molecule has 1 aromatic heterocycles. The monoisotopic (exact) mass is 626 g/mol. The van der Waals surface area contributed by atoms with Gasteiger partial charge in [0.25, 0.3) is 0 Å². The number of aromatic hydroxyl groups is 1. The van der Waals surface area contributed by atoms with E-state index in [9.17, 15) is 29.4 Å². The van der Waals surface area contributed by atoms with Crippen LogP contribution in [0.1, 0.15) is 36.8 Å². The molecule has 13 heteroatoms. The Morgan fingerprint density at radius 2 is 1.50 bits per heavy atom. The molecule has 0 saturated heterocycles. The molecule has 238 valence electrons. The number of amides is 3. The summed E-state index contributed by atoms with van der Waals surface area (Å²) in [4.78, 5) is 55.0. The molecular weight excluding hydrogens is 584 g/mol. The van der Waals surface area contributed by atoms with Crippen LogP contribution in [0.5, 0.6) is 5.75 Å². The van der Waals surface area contributed by atoms with Gasteiger partial charge in [0.05, 0.1) is 6.04 Å². The van der Waals surface area contributed by atoms with Crippen molar-refractivity contribution in [2.75, 3.05) is 18.6 Å². The topological polar surface area (TPSA) is 213 Å². The van der Waals surface area contributed by atoms with Gasteiger partial charge in [0.15, 0.2) is 0 Å². The molecule has 4 unspecified atom stereocenters. The summed E-state index contributed by atoms with van der Waals surface area (Å²) in [5.41, 5.74) is 14.3. The van der Waals surface area contributed by atoms with Crippen molar-refractivity contribution in [2.45, 2.75) is 62.7 Å². The summed E-state index contributed by atoms with van der Waals surface area (Å²) in [5.74, 6) is -2.40. The summed E-state index contributed by atoms with van der Waals surface area (Å²) in [6, 6.07) is 9.49. The molecule has 2 aromatic carbocycles. The minimum atomic E-state index is -1.26. The fourth-order valence-corrected chi connectivity index (χ4v) is 5.26. The largest absolute Gasteiger partial charge is 0.508 e. The summed E-state index contributed by atoms with van der Waals surface area (Å²) >= 11 is 1.47. The molecule has 3 rings (SSSR count). The number of nitrogens with one attached hydrogen (secondary N) is 4. The van der Waals surface area contributed by atoms with Crippen LogP contribution in [-0.2, 0) is 32.0 Å². The molecule has 0 bridgehead atoms. The van der Waals surface area contributed by atoms with Crippen molar-refractivity contribution in [1.29, 1.82) is 0 Å². The SMILES string of the molecule is CSCCC(NC(=O)C(CCCCN)NC(=O)C(N)Cc1c[nH]c2ccccc12)C(=O)NC(Cc1ccc(O)cc1)C(=O)O. The Kier molecular flexibility index (Phi) is 13.5. The van der Waals surface area contributed by atoms with Crippen molar-refractivity contribution in [1.82, 2.24) is 20.9 Å². The Hall–Kier alpha value is -4.07. The summed E-state index contributed by atoms with van der Waals surface area (Å²) in [6.07, 6.45) is 5.62. The van der Waals surface area contributed by atoms with Crippen LogP contribution in [0.15, 0.2) is 54.7 Å². The highest BCUT2D eigenvalue weighted by Gasteiger charge is 2.30. The second-order valence-electron chi connectivity index (χ2n) is 10.6. The molecule has 4 atom stereocenters. The predicted molar refractivity (Wildman–Crippen MR) is 171 cm³/mol. The van der Waals surface area contributed by atoms with Gasteiger partial charge in [-0.15, -0.1) is 0 Å². The normalized spacial score (nSPS) is 13.9. The van der Waals surface area contributed by atoms with Crippen LogP contribution in [0.4, 0.5) is 0 Å². The molecule has 0 fully saturated rings. The number of unbranched alkanes of at least 4 members (excludes halogenated alkanes) is 1. The third-order valence-electron chi connectivity index (χ3n) is 7.27. The van der Waals surface area contributed by atoms with Crippen LogP contribution in [-0.4, -0.2) is 81.6 Å². The van der Waals surface area contributed by atoms with Crippen molar-refractivity contribution in [2.24, 2.45) is 11.5 Å². The average molecular weight is 627 g/mol. The number of benzene rings is 2. The van der Waals surface area contributed by atoms with Gasteiger partial charge in [-0.3, -0.25) is 14.4 Å². The van der Waals surface area contributed by atoms with Crippen molar-refractivity contribution in [3.05, 3.63) is 65.9 Å². The van der Waals surface area contributed by atoms with Crippen LogP contribution in [0.3, 0.4) is 0 Å². The number of para-hydroxylation sites is 1. The summed E-state index contributed by atoms with van der Waals surface area (Å²) in [7, 11) is 0. The van der Waals surface area contributed by atoms with E-state index in [4.69, 9.17) is 11.5 Å². The van der Waals surface area contributed by atoms with Crippen molar-refractivity contribution in [3.8, 4) is 5.75 Å². The molecule has 0 aliphatic carbocycles. The summed E-state index contributed by atoms with van der Waals surface area (Å²) < 4.78 is 0. The number of aromatic amines is 1. The molecule has 0 spiro atoms. The van der Waals surface area contributed by atoms with Gasteiger partial charge in [-0.1, -0.05) is 30.3 Å². The number of fused-ring (bicyclic) bond motifs is 1. The third-order valence-corrected chi connectivity index (χ3v) is 7.91. The van der Waals surface area contributed by atoms with Gasteiger partial charge in [0, 0.05) is 23.5 Å². The highest BCUT2D eigenvalue weighted by Crippen LogP contribution is 2.19. The second-order valence-corrected chi connectivity index (χ2v) is 11.6. The first kappa shape index (κ1) is 34.4. The first-order valence-electron chi connectivity index (χ1n) is 14.5. The Labute approximate surface area is 260 Å². The molecular formula is C31H42N6O6S. The van der Waals surface area contributed by atoms with Crippen molar-refractivity contribution < 1.29 is 29.4 Å². The molecule has 44 heavy (non-hydrogen) atoms. The maximum absolute atomic E-state index is 13.5. The van der Waals surface area contributed by atoms with E-state index in [2.05, 4.69) is 20.9 Å². The first-order valence-corrected chi connectivity index (χ1v) is 15.9. The second kappa shape index (κ2) is 17.3. The zero-order valence-electron chi connectivity index (χ0n) is 24.8. The fraction of sp³-hybridized carbons (Fsp3) is 0.419. The molecule has 0 aliphatic heterocycles. The standard InChI is InChI=1S/C31H42N6O6S/c1-44-15-13-26(30(41)37-27(31(42)43)16-19-9-11-21(38)12-10-19)36-29(40)25(8-4-5-14-32)35-28(39)23(33)17-20-18-34-24-7-3-2-6-22(20)24/h2-3,6-7,9-12,18,23,25-27,34,38H,4-5,8,13-17,32-33H2,1H3,(H,35,39)(H,36,40)(H,37,41)(H,42,43). The lowest BCUT2D eigenvalue weighted by atomic mass is 10.0. The van der Waals surface area contributed by atoms with Crippen molar-refractivity contribution >= 4 is 46.4 Å². The van der Waals surface area contributed by atoms with E-state index >= 15 is 0 Å². The van der Waals surface area contributed by atoms with Crippen LogP contribution in [0.2, 0.25) is 0 Å². The number of carboxylic acid groups (broad SMARTS) is 1. The van der Waals surface area contributed by atoms with E-state index in [1.54, 1.807) is 12.1 Å². The Morgan fingerprint density at radius 1 is 0.864 bits per heavy atom. The van der Waals surface area contributed by atoms with E-state index in [1.807, 2.05) is 36.7 Å². The van der Waals surface area contributed by atoms with Gasteiger partial charge in [-0.25, -0.2) is 4.79 Å². The zero-order chi connectivity index (χ0) is 32.1. The molecule has 12 nitrogen and oxygen atoms in total. The molecule has 0 saturated carbocycles. The number of aliphatic carboxylic acids is 1. The number of phenols is 1. The number of carboxylic acids is 1. The van der Waals surface area contributed by atoms with Gasteiger partial charge < -0.3 is 42.6 Å². The van der Waals surface area contributed by atoms with Gasteiger partial charge in [0.1, 0.15) is 23.9 Å². The summed E-state index contributed by atoms with van der Waals surface area (Å²) in [5, 5.41) is 28.2. The zero-order valence-corrected chi connectivity index (χ0v) is 25.6. The third kappa shape index (κ3) is 10.3. The van der Waals surface area contributed by atoms with E-state index in [0.29, 0.717) is 30.7 Å². The van der Waals surface area contributed by atoms with Gasteiger partial charge in [-0.2, -0.15) is 11.8 Å². The Morgan fingerprint density at radius 3 is 2.16 bits per heavy atom. The summed E-state index contributed by atoms with van der Waals surface area (Å²) in [6.45, 7) is 0.415. The van der Waals surface area contributed by atoms with E-state index in [0.717, 1.165) is 16.5 Å².